The number of carbonyl (C=O) groups excluding carboxylic acids is 2. The Balaban J connectivity index is 2.65. The fraction of sp³-hybridized carbons (Fsp3) is 0.333. The first-order chi connectivity index (χ1) is 9.73. The maximum absolute atomic E-state index is 12.4. The predicted molar refractivity (Wildman–Crippen MR) is 79.2 cm³/mol. The van der Waals surface area contributed by atoms with Gasteiger partial charge in [-0.2, -0.15) is 0 Å². The Hall–Kier alpha value is -2.50. The molecule has 0 saturated heterocycles. The highest BCUT2D eigenvalue weighted by Crippen LogP contribution is 2.27. The first kappa shape index (κ1) is 14.9. The minimum atomic E-state index is -0.672. The Morgan fingerprint density at radius 2 is 1.86 bits per heavy atom. The van der Waals surface area contributed by atoms with Crippen LogP contribution in [-0.2, 0) is 9.47 Å². The second-order valence-electron chi connectivity index (χ2n) is 5.67. The number of aromatic nitrogens is 1. The van der Waals surface area contributed by atoms with Gasteiger partial charge in [-0.05, 0) is 39.0 Å². The number of nitrogen functional groups attached to an aromatic ring is 1. The van der Waals surface area contributed by atoms with Crippen molar-refractivity contribution in [1.29, 1.82) is 0 Å². The van der Waals surface area contributed by atoms with Crippen molar-refractivity contribution in [2.24, 2.45) is 0 Å². The van der Waals surface area contributed by atoms with Crippen molar-refractivity contribution in [3.8, 4) is 0 Å². The predicted octanol–water partition coefficient (Wildman–Crippen LogP) is 2.49. The van der Waals surface area contributed by atoms with Crippen molar-refractivity contribution in [3.63, 3.8) is 0 Å². The molecule has 1 aromatic heterocycles. The number of methoxy groups -OCH3 is 1. The van der Waals surface area contributed by atoms with Crippen molar-refractivity contribution in [2.75, 3.05) is 12.8 Å². The summed E-state index contributed by atoms with van der Waals surface area (Å²) in [5.41, 5.74) is 6.39. The van der Waals surface area contributed by atoms with Crippen molar-refractivity contribution in [2.45, 2.75) is 26.4 Å². The topological polar surface area (TPSA) is 94.4 Å². The number of esters is 2. The molecule has 0 atom stereocenters. The molecule has 0 amide bonds. The summed E-state index contributed by atoms with van der Waals surface area (Å²) in [6.45, 7) is 5.27. The molecule has 6 nitrogen and oxygen atoms in total. The lowest BCUT2D eigenvalue weighted by molar-refractivity contribution is 0.00676. The number of nitrogens with two attached hydrogens (primary N) is 1. The van der Waals surface area contributed by atoms with Crippen LogP contribution in [0.2, 0.25) is 0 Å². The highest BCUT2D eigenvalue weighted by Gasteiger charge is 2.28. The summed E-state index contributed by atoms with van der Waals surface area (Å²) in [7, 11) is 1.25. The van der Waals surface area contributed by atoms with Gasteiger partial charge in [0.25, 0.3) is 0 Å². The van der Waals surface area contributed by atoms with Gasteiger partial charge < -0.3 is 20.2 Å². The molecule has 2 aromatic rings. The summed E-state index contributed by atoms with van der Waals surface area (Å²) in [4.78, 5) is 27.1. The Morgan fingerprint density at radius 3 is 2.43 bits per heavy atom. The molecule has 0 fully saturated rings. The molecule has 0 spiro atoms. The van der Waals surface area contributed by atoms with Crippen LogP contribution in [-0.4, -0.2) is 29.6 Å². The van der Waals surface area contributed by atoms with E-state index in [1.807, 2.05) is 0 Å². The quantitative estimate of drug-likeness (QED) is 0.654. The zero-order valence-electron chi connectivity index (χ0n) is 12.4. The fourth-order valence-corrected chi connectivity index (χ4v) is 2.01. The van der Waals surface area contributed by atoms with E-state index in [1.54, 1.807) is 39.0 Å². The molecule has 1 aromatic carbocycles. The van der Waals surface area contributed by atoms with E-state index in [0.717, 1.165) is 0 Å². The molecule has 0 saturated carbocycles. The summed E-state index contributed by atoms with van der Waals surface area (Å²) in [6.07, 6.45) is 0. The number of H-pyrrole nitrogens is 1. The van der Waals surface area contributed by atoms with Gasteiger partial charge in [-0.15, -0.1) is 0 Å². The van der Waals surface area contributed by atoms with E-state index < -0.39 is 17.5 Å². The van der Waals surface area contributed by atoms with Gasteiger partial charge in [0.2, 0.25) is 0 Å². The Kier molecular flexibility index (Phi) is 3.63. The number of aromatic amines is 1. The Morgan fingerprint density at radius 1 is 1.19 bits per heavy atom. The van der Waals surface area contributed by atoms with Gasteiger partial charge >= 0.3 is 11.9 Å². The average molecular weight is 290 g/mol. The molecule has 112 valence electrons. The molecule has 0 radical (unpaired) electrons. The normalized spacial score (nSPS) is 11.4. The Labute approximate surface area is 122 Å². The number of rotatable bonds is 2. The maximum atomic E-state index is 12.4. The van der Waals surface area contributed by atoms with Crippen LogP contribution in [0.5, 0.6) is 0 Å². The molecule has 0 aliphatic heterocycles. The van der Waals surface area contributed by atoms with Gasteiger partial charge in [0.15, 0.2) is 0 Å². The van der Waals surface area contributed by atoms with E-state index in [4.69, 9.17) is 15.2 Å². The number of hydrogen-bond donors (Lipinski definition) is 2. The standard InChI is InChI=1S/C15H18N2O4/c1-15(2,3)21-13(18)11-9-7-8(16)5-6-10(9)17-12(11)14(19)20-4/h5-7,17H,16H2,1-4H3. The van der Waals surface area contributed by atoms with Crippen LogP contribution in [0.1, 0.15) is 41.6 Å². The van der Waals surface area contributed by atoms with Gasteiger partial charge in [0.05, 0.1) is 12.7 Å². The van der Waals surface area contributed by atoms with Crippen molar-refractivity contribution < 1.29 is 19.1 Å². The molecule has 0 aliphatic rings. The van der Waals surface area contributed by atoms with E-state index >= 15 is 0 Å². The molecule has 1 heterocycles. The van der Waals surface area contributed by atoms with Gasteiger partial charge in [-0.25, -0.2) is 9.59 Å². The second kappa shape index (κ2) is 5.12. The van der Waals surface area contributed by atoms with E-state index in [-0.39, 0.29) is 11.3 Å². The van der Waals surface area contributed by atoms with Crippen LogP contribution >= 0.6 is 0 Å². The van der Waals surface area contributed by atoms with Crippen LogP contribution in [0.25, 0.3) is 10.9 Å². The lowest BCUT2D eigenvalue weighted by atomic mass is 10.1. The van der Waals surface area contributed by atoms with E-state index in [1.165, 1.54) is 7.11 Å². The maximum Gasteiger partial charge on any atom is 0.355 e. The summed E-state index contributed by atoms with van der Waals surface area (Å²) in [6, 6.07) is 5.00. The lowest BCUT2D eigenvalue weighted by Gasteiger charge is -2.19. The van der Waals surface area contributed by atoms with Crippen LogP contribution < -0.4 is 5.73 Å². The summed E-state index contributed by atoms with van der Waals surface area (Å²) in [5.74, 6) is -1.23. The highest BCUT2D eigenvalue weighted by atomic mass is 16.6. The SMILES string of the molecule is COC(=O)c1[nH]c2ccc(N)cc2c1C(=O)OC(C)(C)C. The number of nitrogens with one attached hydrogen (secondary N) is 1. The Bertz CT molecular complexity index is 710. The number of anilines is 1. The van der Waals surface area contributed by atoms with Crippen LogP contribution in [0.15, 0.2) is 18.2 Å². The molecule has 0 bridgehead atoms. The number of hydrogen-bond acceptors (Lipinski definition) is 5. The average Bonchev–Trinajstić information content (AvgIpc) is 2.74. The van der Waals surface area contributed by atoms with Gasteiger partial charge in [-0.3, -0.25) is 0 Å². The minimum Gasteiger partial charge on any atom is -0.464 e. The third-order valence-corrected chi connectivity index (χ3v) is 2.82. The number of carbonyl (C=O) groups is 2. The first-order valence-corrected chi connectivity index (χ1v) is 6.46. The van der Waals surface area contributed by atoms with Crippen molar-refractivity contribution in [1.82, 2.24) is 4.98 Å². The smallest absolute Gasteiger partial charge is 0.355 e. The molecular formula is C15H18N2O4. The zero-order chi connectivity index (χ0) is 15.8. The summed E-state index contributed by atoms with van der Waals surface area (Å²) in [5, 5.41) is 0.532. The van der Waals surface area contributed by atoms with E-state index in [0.29, 0.717) is 16.6 Å². The van der Waals surface area contributed by atoms with Crippen molar-refractivity contribution in [3.05, 3.63) is 29.5 Å². The zero-order valence-corrected chi connectivity index (χ0v) is 12.4. The number of benzene rings is 1. The third-order valence-electron chi connectivity index (χ3n) is 2.82. The largest absolute Gasteiger partial charge is 0.464 e. The van der Waals surface area contributed by atoms with Crippen molar-refractivity contribution >= 4 is 28.5 Å². The molecule has 0 unspecified atom stereocenters. The first-order valence-electron chi connectivity index (χ1n) is 6.46. The highest BCUT2D eigenvalue weighted by molar-refractivity contribution is 6.13. The number of fused-ring (bicyclic) bond motifs is 1. The number of ether oxygens (including phenoxy) is 2. The monoisotopic (exact) mass is 290 g/mol. The molecule has 6 heteroatoms. The van der Waals surface area contributed by atoms with Crippen LogP contribution in [0.4, 0.5) is 5.69 Å². The molecular weight excluding hydrogens is 272 g/mol. The van der Waals surface area contributed by atoms with E-state index in [2.05, 4.69) is 4.98 Å². The molecule has 21 heavy (non-hydrogen) atoms. The summed E-state index contributed by atoms with van der Waals surface area (Å²) < 4.78 is 10.1. The lowest BCUT2D eigenvalue weighted by Crippen LogP contribution is -2.25. The second-order valence-corrected chi connectivity index (χ2v) is 5.67. The minimum absolute atomic E-state index is 0.0624. The van der Waals surface area contributed by atoms with Crippen LogP contribution in [0.3, 0.4) is 0 Å². The van der Waals surface area contributed by atoms with Crippen LogP contribution in [0, 0.1) is 0 Å². The van der Waals surface area contributed by atoms with Gasteiger partial charge in [0.1, 0.15) is 11.3 Å². The van der Waals surface area contributed by atoms with Gasteiger partial charge in [0, 0.05) is 16.6 Å². The molecule has 2 rings (SSSR count). The van der Waals surface area contributed by atoms with Gasteiger partial charge in [-0.1, -0.05) is 0 Å². The molecule has 0 aliphatic carbocycles. The molecule has 3 N–H and O–H groups in total. The third kappa shape index (κ3) is 2.99. The fourth-order valence-electron chi connectivity index (χ4n) is 2.01. The van der Waals surface area contributed by atoms with E-state index in [9.17, 15) is 9.59 Å². The summed E-state index contributed by atoms with van der Waals surface area (Å²) >= 11 is 0.